The first-order valence-corrected chi connectivity index (χ1v) is 4.77. The highest BCUT2D eigenvalue weighted by Gasteiger charge is 2.18. The molecule has 82 valence electrons. The largest absolute Gasteiger partial charge is 0.341 e. The third-order valence-corrected chi connectivity index (χ3v) is 2.47. The average molecular weight is 210 g/mol. The number of hydrogen-bond acceptors (Lipinski definition) is 1. The Morgan fingerprint density at radius 1 is 1.47 bits per heavy atom. The molecule has 0 bridgehead atoms. The highest BCUT2D eigenvalue weighted by Crippen LogP contribution is 2.21. The van der Waals surface area contributed by atoms with E-state index in [0.717, 1.165) is 0 Å². The summed E-state index contributed by atoms with van der Waals surface area (Å²) in [7, 11) is 3.18. The molecule has 1 N–H and O–H groups in total. The zero-order chi connectivity index (χ0) is 11.4. The number of carbonyl (C=O) groups excluding carboxylic acids is 1. The fraction of sp³-hybridized carbons (Fsp3) is 0.364. The van der Waals surface area contributed by atoms with Crippen LogP contribution in [0.15, 0.2) is 24.3 Å². The van der Waals surface area contributed by atoms with Crippen molar-refractivity contribution >= 4 is 6.03 Å². The van der Waals surface area contributed by atoms with Crippen LogP contribution in [0.2, 0.25) is 0 Å². The van der Waals surface area contributed by atoms with Crippen molar-refractivity contribution in [2.45, 2.75) is 13.0 Å². The number of amides is 2. The highest BCUT2D eigenvalue weighted by atomic mass is 19.1. The monoisotopic (exact) mass is 210 g/mol. The van der Waals surface area contributed by atoms with E-state index in [-0.39, 0.29) is 17.9 Å². The molecule has 2 amide bonds. The number of rotatable bonds is 2. The fourth-order valence-electron chi connectivity index (χ4n) is 1.37. The maximum absolute atomic E-state index is 13.4. The molecule has 0 fully saturated rings. The minimum atomic E-state index is -0.291. The lowest BCUT2D eigenvalue weighted by Gasteiger charge is -2.25. The number of nitrogens with zero attached hydrogens (tertiary/aromatic N) is 1. The van der Waals surface area contributed by atoms with Gasteiger partial charge in [-0.1, -0.05) is 18.2 Å². The van der Waals surface area contributed by atoms with Crippen LogP contribution in [-0.2, 0) is 0 Å². The van der Waals surface area contributed by atoms with E-state index in [1.54, 1.807) is 39.2 Å². The van der Waals surface area contributed by atoms with Gasteiger partial charge in [0.15, 0.2) is 0 Å². The van der Waals surface area contributed by atoms with E-state index in [1.165, 1.54) is 11.0 Å². The van der Waals surface area contributed by atoms with Crippen LogP contribution in [0.25, 0.3) is 0 Å². The molecule has 0 aliphatic rings. The van der Waals surface area contributed by atoms with Gasteiger partial charge in [0.05, 0.1) is 6.04 Å². The lowest BCUT2D eigenvalue weighted by Crippen LogP contribution is -2.36. The Morgan fingerprint density at radius 3 is 2.60 bits per heavy atom. The van der Waals surface area contributed by atoms with Crippen LogP contribution in [0.5, 0.6) is 0 Å². The lowest BCUT2D eigenvalue weighted by molar-refractivity contribution is 0.196. The zero-order valence-corrected chi connectivity index (χ0v) is 9.12. The molecule has 1 aromatic carbocycles. The molecule has 0 aliphatic carbocycles. The maximum atomic E-state index is 13.4. The molecule has 1 unspecified atom stereocenters. The van der Waals surface area contributed by atoms with Gasteiger partial charge in [-0.15, -0.1) is 0 Å². The Morgan fingerprint density at radius 2 is 2.07 bits per heavy atom. The minimum Gasteiger partial charge on any atom is -0.341 e. The molecular weight excluding hydrogens is 195 g/mol. The molecule has 1 rings (SSSR count). The van der Waals surface area contributed by atoms with E-state index in [9.17, 15) is 9.18 Å². The van der Waals surface area contributed by atoms with E-state index in [4.69, 9.17) is 0 Å². The summed E-state index contributed by atoms with van der Waals surface area (Å²) in [6.07, 6.45) is 0. The van der Waals surface area contributed by atoms with Crippen LogP contribution >= 0.6 is 0 Å². The topological polar surface area (TPSA) is 32.3 Å². The fourth-order valence-corrected chi connectivity index (χ4v) is 1.37. The van der Waals surface area contributed by atoms with Gasteiger partial charge in [0.2, 0.25) is 0 Å². The van der Waals surface area contributed by atoms with Crippen molar-refractivity contribution in [2.75, 3.05) is 14.1 Å². The standard InChI is InChI=1S/C11H15FN2O/c1-8(14(3)11(15)13-2)9-6-4-5-7-10(9)12/h4-8H,1-3H3,(H,13,15). The normalized spacial score (nSPS) is 12.0. The Kier molecular flexibility index (Phi) is 3.66. The molecule has 1 aromatic rings. The van der Waals surface area contributed by atoms with E-state index in [2.05, 4.69) is 5.32 Å². The number of halogens is 1. The van der Waals surface area contributed by atoms with Crippen LogP contribution in [0.3, 0.4) is 0 Å². The van der Waals surface area contributed by atoms with Crippen molar-refractivity contribution in [3.63, 3.8) is 0 Å². The summed E-state index contributed by atoms with van der Waals surface area (Å²) in [4.78, 5) is 12.8. The first kappa shape index (κ1) is 11.5. The van der Waals surface area contributed by atoms with Gasteiger partial charge in [-0.3, -0.25) is 0 Å². The summed E-state index contributed by atoms with van der Waals surface area (Å²) >= 11 is 0. The molecule has 4 heteroatoms. The van der Waals surface area contributed by atoms with Gasteiger partial charge >= 0.3 is 6.03 Å². The van der Waals surface area contributed by atoms with Crippen molar-refractivity contribution in [1.29, 1.82) is 0 Å². The van der Waals surface area contributed by atoms with E-state index in [1.807, 2.05) is 0 Å². The SMILES string of the molecule is CNC(=O)N(C)C(C)c1ccccc1F. The molecule has 15 heavy (non-hydrogen) atoms. The molecule has 0 heterocycles. The Balaban J connectivity index is 2.89. The molecular formula is C11H15FN2O. The Labute approximate surface area is 88.9 Å². The number of carbonyl (C=O) groups is 1. The third kappa shape index (κ3) is 2.46. The lowest BCUT2D eigenvalue weighted by atomic mass is 10.1. The number of nitrogens with one attached hydrogen (secondary N) is 1. The summed E-state index contributed by atoms with van der Waals surface area (Å²) < 4.78 is 13.4. The first-order chi connectivity index (χ1) is 7.07. The first-order valence-electron chi connectivity index (χ1n) is 4.77. The van der Waals surface area contributed by atoms with Crippen molar-refractivity contribution < 1.29 is 9.18 Å². The number of hydrogen-bond donors (Lipinski definition) is 1. The van der Waals surface area contributed by atoms with E-state index in [0.29, 0.717) is 5.56 Å². The quantitative estimate of drug-likeness (QED) is 0.797. The van der Waals surface area contributed by atoms with Gasteiger partial charge in [-0.05, 0) is 13.0 Å². The van der Waals surface area contributed by atoms with Gasteiger partial charge in [-0.2, -0.15) is 0 Å². The van der Waals surface area contributed by atoms with E-state index < -0.39 is 0 Å². The molecule has 0 saturated heterocycles. The van der Waals surface area contributed by atoms with Gasteiger partial charge in [0, 0.05) is 19.7 Å². The Bertz CT molecular complexity index is 354. The molecule has 1 atom stereocenters. The summed E-state index contributed by atoms with van der Waals surface area (Å²) in [6, 6.07) is 5.94. The van der Waals surface area contributed by atoms with Gasteiger partial charge in [-0.25, -0.2) is 9.18 Å². The predicted octanol–water partition coefficient (Wildman–Crippen LogP) is 2.16. The zero-order valence-electron chi connectivity index (χ0n) is 9.12. The van der Waals surface area contributed by atoms with Crippen molar-refractivity contribution in [3.8, 4) is 0 Å². The minimum absolute atomic E-state index is 0.231. The second-order valence-corrected chi connectivity index (χ2v) is 3.36. The van der Waals surface area contributed by atoms with Gasteiger partial charge < -0.3 is 10.2 Å². The van der Waals surface area contributed by atoms with Crippen LogP contribution in [-0.4, -0.2) is 25.0 Å². The van der Waals surface area contributed by atoms with Crippen molar-refractivity contribution in [2.24, 2.45) is 0 Å². The number of urea groups is 1. The van der Waals surface area contributed by atoms with Crippen molar-refractivity contribution in [3.05, 3.63) is 35.6 Å². The molecule has 0 aliphatic heterocycles. The molecule has 0 saturated carbocycles. The second kappa shape index (κ2) is 4.77. The molecule has 0 spiro atoms. The molecule has 0 aromatic heterocycles. The van der Waals surface area contributed by atoms with Gasteiger partial charge in [0.25, 0.3) is 0 Å². The molecule has 0 radical (unpaired) electrons. The number of benzene rings is 1. The smallest absolute Gasteiger partial charge is 0.317 e. The molecule has 3 nitrogen and oxygen atoms in total. The summed E-state index contributed by atoms with van der Waals surface area (Å²) in [5.41, 5.74) is 0.517. The summed E-state index contributed by atoms with van der Waals surface area (Å²) in [5.74, 6) is -0.291. The third-order valence-electron chi connectivity index (χ3n) is 2.47. The van der Waals surface area contributed by atoms with Crippen LogP contribution in [0.1, 0.15) is 18.5 Å². The maximum Gasteiger partial charge on any atom is 0.317 e. The van der Waals surface area contributed by atoms with Gasteiger partial charge in [0.1, 0.15) is 5.82 Å². The van der Waals surface area contributed by atoms with Crippen molar-refractivity contribution in [1.82, 2.24) is 10.2 Å². The predicted molar refractivity (Wildman–Crippen MR) is 57.0 cm³/mol. The van der Waals surface area contributed by atoms with E-state index >= 15 is 0 Å². The summed E-state index contributed by atoms with van der Waals surface area (Å²) in [6.45, 7) is 1.79. The van der Waals surface area contributed by atoms with Crippen LogP contribution < -0.4 is 5.32 Å². The second-order valence-electron chi connectivity index (χ2n) is 3.36. The Hall–Kier alpha value is -1.58. The highest BCUT2D eigenvalue weighted by molar-refractivity contribution is 5.74. The van der Waals surface area contributed by atoms with Crippen LogP contribution in [0.4, 0.5) is 9.18 Å². The average Bonchev–Trinajstić information content (AvgIpc) is 2.26. The van der Waals surface area contributed by atoms with Crippen LogP contribution in [0, 0.1) is 5.82 Å². The summed E-state index contributed by atoms with van der Waals surface area (Å²) in [5, 5.41) is 2.50.